The van der Waals surface area contributed by atoms with Gasteiger partial charge in [0.15, 0.2) is 0 Å². The van der Waals surface area contributed by atoms with Crippen LogP contribution in [-0.4, -0.2) is 18.2 Å². The number of nitrogens with one attached hydrogen (secondary N) is 1. The van der Waals surface area contributed by atoms with Crippen LogP contribution >= 0.6 is 0 Å². The molecule has 0 radical (unpaired) electrons. The summed E-state index contributed by atoms with van der Waals surface area (Å²) in [4.78, 5) is 0. The Morgan fingerprint density at radius 1 is 1.28 bits per heavy atom. The lowest BCUT2D eigenvalue weighted by Gasteiger charge is -2.29. The first-order valence-electron chi connectivity index (χ1n) is 6.95. The van der Waals surface area contributed by atoms with E-state index < -0.39 is 0 Å². The topological polar surface area (TPSA) is 32.3 Å². The van der Waals surface area contributed by atoms with E-state index in [2.05, 4.69) is 45.1 Å². The SMILES string of the molecule is Cc1ccc(C(C)(C)C)c(O)c1C1CCCNC1. The van der Waals surface area contributed by atoms with Crippen LogP contribution in [0.25, 0.3) is 0 Å². The van der Waals surface area contributed by atoms with E-state index in [1.165, 1.54) is 18.4 Å². The molecule has 1 fully saturated rings. The largest absolute Gasteiger partial charge is 0.507 e. The highest BCUT2D eigenvalue weighted by molar-refractivity contribution is 5.50. The molecule has 1 aliphatic heterocycles. The Bertz CT molecular complexity index is 425. The third-order valence-electron chi connectivity index (χ3n) is 3.95. The second-order valence-electron chi connectivity index (χ2n) is 6.49. The predicted molar refractivity (Wildman–Crippen MR) is 76.4 cm³/mol. The molecule has 0 aliphatic carbocycles. The number of benzene rings is 1. The Morgan fingerprint density at radius 3 is 2.56 bits per heavy atom. The van der Waals surface area contributed by atoms with Crippen molar-refractivity contribution in [3.8, 4) is 5.75 Å². The summed E-state index contributed by atoms with van der Waals surface area (Å²) in [6, 6.07) is 4.23. The highest BCUT2D eigenvalue weighted by Crippen LogP contribution is 2.40. The van der Waals surface area contributed by atoms with Gasteiger partial charge in [0, 0.05) is 18.0 Å². The number of hydrogen-bond donors (Lipinski definition) is 2. The van der Waals surface area contributed by atoms with Gasteiger partial charge in [-0.25, -0.2) is 0 Å². The summed E-state index contributed by atoms with van der Waals surface area (Å²) in [5, 5.41) is 14.1. The highest BCUT2D eigenvalue weighted by atomic mass is 16.3. The lowest BCUT2D eigenvalue weighted by atomic mass is 9.80. The minimum Gasteiger partial charge on any atom is -0.507 e. The third-order valence-corrected chi connectivity index (χ3v) is 3.95. The van der Waals surface area contributed by atoms with Crippen LogP contribution < -0.4 is 5.32 Å². The van der Waals surface area contributed by atoms with Crippen molar-refractivity contribution >= 4 is 0 Å². The van der Waals surface area contributed by atoms with E-state index in [0.717, 1.165) is 24.2 Å². The van der Waals surface area contributed by atoms with Crippen LogP contribution in [-0.2, 0) is 5.41 Å². The average Bonchev–Trinajstić information content (AvgIpc) is 2.28. The molecule has 1 heterocycles. The molecule has 1 aliphatic rings. The van der Waals surface area contributed by atoms with Crippen LogP contribution in [0.2, 0.25) is 0 Å². The summed E-state index contributed by atoms with van der Waals surface area (Å²) >= 11 is 0. The van der Waals surface area contributed by atoms with Crippen molar-refractivity contribution in [1.82, 2.24) is 5.32 Å². The summed E-state index contributed by atoms with van der Waals surface area (Å²) in [5.74, 6) is 0.984. The van der Waals surface area contributed by atoms with Crippen LogP contribution in [0, 0.1) is 6.92 Å². The minimum atomic E-state index is -0.00533. The Morgan fingerprint density at radius 2 is 2.00 bits per heavy atom. The molecule has 2 N–H and O–H groups in total. The molecule has 2 nitrogen and oxygen atoms in total. The van der Waals surface area contributed by atoms with Gasteiger partial charge in [-0.3, -0.25) is 0 Å². The summed E-state index contributed by atoms with van der Waals surface area (Å²) in [7, 11) is 0. The van der Waals surface area contributed by atoms with Crippen molar-refractivity contribution in [2.45, 2.75) is 51.9 Å². The van der Waals surface area contributed by atoms with E-state index in [1.54, 1.807) is 0 Å². The van der Waals surface area contributed by atoms with Crippen molar-refractivity contribution in [2.75, 3.05) is 13.1 Å². The Hall–Kier alpha value is -1.02. The first-order chi connectivity index (χ1) is 8.41. The maximum atomic E-state index is 10.6. The molecular formula is C16H25NO. The first kappa shape index (κ1) is 13.4. The van der Waals surface area contributed by atoms with E-state index in [0.29, 0.717) is 11.7 Å². The van der Waals surface area contributed by atoms with Gasteiger partial charge in [-0.2, -0.15) is 0 Å². The zero-order valence-corrected chi connectivity index (χ0v) is 12.0. The number of rotatable bonds is 1. The maximum absolute atomic E-state index is 10.6. The molecule has 1 atom stereocenters. The average molecular weight is 247 g/mol. The van der Waals surface area contributed by atoms with Crippen LogP contribution in [0.5, 0.6) is 5.75 Å². The standard InChI is InChI=1S/C16H25NO/c1-11-7-8-13(16(2,3)4)15(18)14(11)12-6-5-9-17-10-12/h7-8,12,17-18H,5-6,9-10H2,1-4H3. The van der Waals surface area contributed by atoms with E-state index in [4.69, 9.17) is 0 Å². The van der Waals surface area contributed by atoms with Crippen LogP contribution in [0.4, 0.5) is 0 Å². The number of aromatic hydroxyl groups is 1. The molecular weight excluding hydrogens is 222 g/mol. The molecule has 0 aromatic heterocycles. The zero-order chi connectivity index (χ0) is 13.3. The molecule has 2 heteroatoms. The zero-order valence-electron chi connectivity index (χ0n) is 12.0. The summed E-state index contributed by atoms with van der Waals surface area (Å²) in [6.45, 7) is 10.7. The van der Waals surface area contributed by atoms with Crippen molar-refractivity contribution in [1.29, 1.82) is 0 Å². The molecule has 1 aromatic rings. The van der Waals surface area contributed by atoms with Crippen LogP contribution in [0.3, 0.4) is 0 Å². The van der Waals surface area contributed by atoms with Gasteiger partial charge in [0.05, 0.1) is 0 Å². The lowest BCUT2D eigenvalue weighted by Crippen LogP contribution is -2.29. The normalized spacial score (nSPS) is 21.0. The number of aryl methyl sites for hydroxylation is 1. The quantitative estimate of drug-likeness (QED) is 0.796. The second-order valence-corrected chi connectivity index (χ2v) is 6.49. The second kappa shape index (κ2) is 4.93. The van der Waals surface area contributed by atoms with E-state index in [-0.39, 0.29) is 5.41 Å². The summed E-state index contributed by atoms with van der Waals surface area (Å²) < 4.78 is 0. The van der Waals surface area contributed by atoms with Crippen molar-refractivity contribution in [2.24, 2.45) is 0 Å². The molecule has 0 spiro atoms. The van der Waals surface area contributed by atoms with Gasteiger partial charge in [0.1, 0.15) is 5.75 Å². The van der Waals surface area contributed by atoms with Gasteiger partial charge < -0.3 is 10.4 Å². The molecule has 1 unspecified atom stereocenters. The van der Waals surface area contributed by atoms with Crippen LogP contribution in [0.15, 0.2) is 12.1 Å². The Balaban J connectivity index is 2.45. The lowest BCUT2D eigenvalue weighted by molar-refractivity contribution is 0.410. The number of phenols is 1. The van der Waals surface area contributed by atoms with Crippen LogP contribution in [0.1, 0.15) is 56.2 Å². The molecule has 0 amide bonds. The van der Waals surface area contributed by atoms with Gasteiger partial charge in [-0.1, -0.05) is 32.9 Å². The molecule has 18 heavy (non-hydrogen) atoms. The minimum absolute atomic E-state index is 0.00533. The fourth-order valence-corrected chi connectivity index (χ4v) is 2.93. The fourth-order valence-electron chi connectivity index (χ4n) is 2.93. The molecule has 100 valence electrons. The Kier molecular flexibility index (Phi) is 3.67. The van der Waals surface area contributed by atoms with Gasteiger partial charge in [-0.15, -0.1) is 0 Å². The van der Waals surface area contributed by atoms with E-state index in [1.807, 2.05) is 0 Å². The van der Waals surface area contributed by atoms with Gasteiger partial charge in [0.2, 0.25) is 0 Å². The fraction of sp³-hybridized carbons (Fsp3) is 0.625. The van der Waals surface area contributed by atoms with E-state index >= 15 is 0 Å². The monoisotopic (exact) mass is 247 g/mol. The number of piperidine rings is 1. The highest BCUT2D eigenvalue weighted by Gasteiger charge is 2.25. The number of hydrogen-bond acceptors (Lipinski definition) is 2. The van der Waals surface area contributed by atoms with Crippen molar-refractivity contribution in [3.05, 3.63) is 28.8 Å². The summed E-state index contributed by atoms with van der Waals surface area (Å²) in [5.41, 5.74) is 3.44. The van der Waals surface area contributed by atoms with Gasteiger partial charge in [0.25, 0.3) is 0 Å². The number of phenolic OH excluding ortho intramolecular Hbond substituents is 1. The molecule has 1 saturated heterocycles. The Labute approximate surface area is 110 Å². The van der Waals surface area contributed by atoms with Crippen molar-refractivity contribution < 1.29 is 5.11 Å². The molecule has 0 bridgehead atoms. The first-order valence-corrected chi connectivity index (χ1v) is 6.95. The predicted octanol–water partition coefficient (Wildman–Crippen LogP) is 3.47. The van der Waals surface area contributed by atoms with Crippen molar-refractivity contribution in [3.63, 3.8) is 0 Å². The molecule has 1 aromatic carbocycles. The summed E-state index contributed by atoms with van der Waals surface area (Å²) in [6.07, 6.45) is 2.37. The maximum Gasteiger partial charge on any atom is 0.123 e. The molecule has 0 saturated carbocycles. The smallest absolute Gasteiger partial charge is 0.123 e. The molecule has 2 rings (SSSR count). The van der Waals surface area contributed by atoms with Gasteiger partial charge in [-0.05, 0) is 42.9 Å². The third kappa shape index (κ3) is 2.54. The van der Waals surface area contributed by atoms with E-state index in [9.17, 15) is 5.11 Å². The van der Waals surface area contributed by atoms with Gasteiger partial charge >= 0.3 is 0 Å².